The number of ether oxygens (including phenoxy) is 1. The molecule has 6 heteroatoms. The molecule has 0 spiro atoms. The van der Waals surface area contributed by atoms with Crippen LogP contribution in [0.1, 0.15) is 25.5 Å². The monoisotopic (exact) mass is 304 g/mol. The van der Waals surface area contributed by atoms with Gasteiger partial charge in [-0.3, -0.25) is 4.79 Å². The average Bonchev–Trinajstić information content (AvgIpc) is 2.92. The molecule has 1 aliphatic rings. The van der Waals surface area contributed by atoms with E-state index in [1.807, 2.05) is 29.9 Å². The fraction of sp³-hybridized carbons (Fsp3) is 0.562. The van der Waals surface area contributed by atoms with Crippen molar-refractivity contribution in [2.45, 2.75) is 32.8 Å². The molecule has 0 radical (unpaired) electrons. The van der Waals surface area contributed by atoms with Crippen LogP contribution in [0.15, 0.2) is 30.3 Å². The Labute approximate surface area is 132 Å². The van der Waals surface area contributed by atoms with Gasteiger partial charge in [-0.05, 0) is 26.2 Å². The Hall–Kier alpha value is -1.37. The first-order valence-electron chi connectivity index (χ1n) is 7.92. The van der Waals surface area contributed by atoms with E-state index in [0.717, 1.165) is 0 Å². The molecule has 1 aliphatic heterocycles. The zero-order valence-corrected chi connectivity index (χ0v) is 13.5. The molecule has 0 bridgehead atoms. The molecule has 0 amide bonds. The van der Waals surface area contributed by atoms with E-state index < -0.39 is 7.05 Å². The number of benzene rings is 1. The second-order valence-corrected chi connectivity index (χ2v) is 5.85. The van der Waals surface area contributed by atoms with Crippen molar-refractivity contribution in [3.8, 4) is 0 Å². The molecule has 1 aromatic carbocycles. The Bertz CT molecular complexity index is 484. The molecule has 0 aromatic heterocycles. The fourth-order valence-electron chi connectivity index (χ4n) is 2.96. The van der Waals surface area contributed by atoms with Crippen LogP contribution in [0.5, 0.6) is 0 Å². The van der Waals surface area contributed by atoms with E-state index in [4.69, 9.17) is 4.74 Å². The van der Waals surface area contributed by atoms with E-state index >= 15 is 0 Å². The van der Waals surface area contributed by atoms with Crippen molar-refractivity contribution < 1.29 is 14.6 Å². The number of nitrogens with one attached hydrogen (secondary N) is 1. The van der Waals surface area contributed by atoms with Gasteiger partial charge in [-0.25, -0.2) is 0 Å². The molecule has 5 nitrogen and oxygen atoms in total. The Balaban J connectivity index is 2.06. The van der Waals surface area contributed by atoms with Crippen molar-refractivity contribution in [1.29, 1.82) is 0 Å². The molecule has 1 heterocycles. The van der Waals surface area contributed by atoms with Crippen LogP contribution in [0.3, 0.4) is 0 Å². The van der Waals surface area contributed by atoms with Crippen molar-refractivity contribution >= 4 is 13.0 Å². The lowest BCUT2D eigenvalue weighted by Crippen LogP contribution is -2.42. The van der Waals surface area contributed by atoms with Gasteiger partial charge in [0, 0.05) is 25.2 Å². The van der Waals surface area contributed by atoms with Crippen LogP contribution >= 0.6 is 0 Å². The average molecular weight is 304 g/mol. The highest BCUT2D eigenvalue weighted by molar-refractivity contribution is 6.45. The molecule has 0 aliphatic carbocycles. The first kappa shape index (κ1) is 17.0. The van der Waals surface area contributed by atoms with Crippen molar-refractivity contribution in [2.24, 2.45) is 5.92 Å². The molecule has 22 heavy (non-hydrogen) atoms. The molecular weight excluding hydrogens is 279 g/mol. The number of hydrogen-bond acceptors (Lipinski definition) is 5. The maximum atomic E-state index is 12.2. The van der Waals surface area contributed by atoms with Crippen LogP contribution in [-0.4, -0.2) is 48.6 Å². The lowest BCUT2D eigenvalue weighted by atomic mass is 9.86. The van der Waals surface area contributed by atoms with Crippen molar-refractivity contribution in [2.75, 3.05) is 19.7 Å². The van der Waals surface area contributed by atoms with Crippen molar-refractivity contribution in [1.82, 2.24) is 10.1 Å². The van der Waals surface area contributed by atoms with Crippen LogP contribution < -0.4 is 5.32 Å². The number of nitrogens with zero attached hydrogens (tertiary/aromatic N) is 1. The highest BCUT2D eigenvalue weighted by atomic mass is 16.5. The summed E-state index contributed by atoms with van der Waals surface area (Å²) in [5.74, 6) is -0.441. The molecule has 120 valence electrons. The van der Waals surface area contributed by atoms with Gasteiger partial charge in [-0.2, -0.15) is 0 Å². The molecular formula is C16H25BN2O3. The van der Waals surface area contributed by atoms with E-state index in [0.29, 0.717) is 19.7 Å². The Morgan fingerprint density at radius 1 is 1.45 bits per heavy atom. The fourth-order valence-corrected chi connectivity index (χ4v) is 2.96. The van der Waals surface area contributed by atoms with Crippen LogP contribution in [0.4, 0.5) is 0 Å². The molecule has 1 aromatic rings. The van der Waals surface area contributed by atoms with Gasteiger partial charge in [-0.15, -0.1) is 0 Å². The Kier molecular flexibility index (Phi) is 6.00. The SMILES string of the molecule is CCOC(=O)[C@@H]1CN(B(C)O)C[C@H]1N[C@@H](C)c1ccccc1. The lowest BCUT2D eigenvalue weighted by Gasteiger charge is -2.23. The van der Waals surface area contributed by atoms with E-state index in [-0.39, 0.29) is 24.0 Å². The van der Waals surface area contributed by atoms with Gasteiger partial charge in [0.05, 0.1) is 12.5 Å². The Morgan fingerprint density at radius 3 is 2.73 bits per heavy atom. The van der Waals surface area contributed by atoms with E-state index in [2.05, 4.69) is 24.4 Å². The summed E-state index contributed by atoms with van der Waals surface area (Å²) < 4.78 is 5.18. The summed E-state index contributed by atoms with van der Waals surface area (Å²) in [5.41, 5.74) is 1.18. The van der Waals surface area contributed by atoms with Crippen LogP contribution in [-0.2, 0) is 9.53 Å². The summed E-state index contributed by atoms with van der Waals surface area (Å²) in [7, 11) is -0.559. The zero-order chi connectivity index (χ0) is 16.1. The third-order valence-electron chi connectivity index (χ3n) is 4.23. The maximum Gasteiger partial charge on any atom is 0.376 e. The largest absolute Gasteiger partial charge is 0.466 e. The zero-order valence-electron chi connectivity index (χ0n) is 13.5. The van der Waals surface area contributed by atoms with Crippen LogP contribution in [0.2, 0.25) is 6.82 Å². The minimum Gasteiger partial charge on any atom is -0.466 e. The standard InChI is InChI=1S/C16H25BN2O3/c1-4-22-16(20)14-10-19(17(3)21)11-15(14)18-12(2)13-8-6-5-7-9-13/h5-9,12,14-15,18,21H,4,10-11H2,1-3H3/t12-,14+,15+/m0/s1. The summed E-state index contributed by atoms with van der Waals surface area (Å²) in [6.07, 6.45) is 0. The van der Waals surface area contributed by atoms with Gasteiger partial charge in [0.25, 0.3) is 0 Å². The molecule has 0 unspecified atom stereocenters. The summed E-state index contributed by atoms with van der Waals surface area (Å²) in [5, 5.41) is 13.3. The second-order valence-electron chi connectivity index (χ2n) is 5.85. The van der Waals surface area contributed by atoms with Crippen molar-refractivity contribution in [3.05, 3.63) is 35.9 Å². The third kappa shape index (κ3) is 4.09. The Morgan fingerprint density at radius 2 is 2.14 bits per heavy atom. The second kappa shape index (κ2) is 7.76. The molecule has 2 N–H and O–H groups in total. The van der Waals surface area contributed by atoms with Crippen LogP contribution in [0, 0.1) is 5.92 Å². The predicted octanol–water partition coefficient (Wildman–Crippen LogP) is 1.31. The highest BCUT2D eigenvalue weighted by Crippen LogP contribution is 2.23. The number of carbonyl (C=O) groups is 1. The highest BCUT2D eigenvalue weighted by Gasteiger charge is 2.41. The third-order valence-corrected chi connectivity index (χ3v) is 4.23. The van der Waals surface area contributed by atoms with Gasteiger partial charge in [0.1, 0.15) is 0 Å². The quantitative estimate of drug-likeness (QED) is 0.613. The number of carbonyl (C=O) groups excluding carboxylic acids is 1. The van der Waals surface area contributed by atoms with Gasteiger partial charge < -0.3 is 19.9 Å². The summed E-state index contributed by atoms with van der Waals surface area (Å²) in [6.45, 7) is 7.17. The van der Waals surface area contributed by atoms with E-state index in [9.17, 15) is 9.82 Å². The van der Waals surface area contributed by atoms with Gasteiger partial charge in [0.2, 0.25) is 0 Å². The number of rotatable bonds is 6. The molecule has 1 fully saturated rings. The van der Waals surface area contributed by atoms with Crippen LogP contribution in [0.25, 0.3) is 0 Å². The molecule has 3 atom stereocenters. The van der Waals surface area contributed by atoms with Crippen molar-refractivity contribution in [3.63, 3.8) is 0 Å². The lowest BCUT2D eigenvalue weighted by molar-refractivity contribution is -0.148. The minimum atomic E-state index is -0.559. The predicted molar refractivity (Wildman–Crippen MR) is 87.3 cm³/mol. The maximum absolute atomic E-state index is 12.2. The first-order valence-corrected chi connectivity index (χ1v) is 7.92. The van der Waals surface area contributed by atoms with Gasteiger partial charge in [0.15, 0.2) is 0 Å². The van der Waals surface area contributed by atoms with E-state index in [1.54, 1.807) is 6.82 Å². The minimum absolute atomic E-state index is 0.0242. The smallest absolute Gasteiger partial charge is 0.376 e. The topological polar surface area (TPSA) is 61.8 Å². The first-order chi connectivity index (χ1) is 10.5. The molecule has 1 saturated heterocycles. The summed E-state index contributed by atoms with van der Waals surface area (Å²) in [4.78, 5) is 14.1. The number of esters is 1. The van der Waals surface area contributed by atoms with E-state index in [1.165, 1.54) is 5.56 Å². The summed E-state index contributed by atoms with van der Waals surface area (Å²) >= 11 is 0. The molecule has 0 saturated carbocycles. The summed E-state index contributed by atoms with van der Waals surface area (Å²) in [6, 6.07) is 10.3. The molecule has 2 rings (SSSR count). The van der Waals surface area contributed by atoms with Gasteiger partial charge in [-0.1, -0.05) is 30.3 Å². The normalized spacial score (nSPS) is 23.3. The number of hydrogen-bond donors (Lipinski definition) is 2. The van der Waals surface area contributed by atoms with Gasteiger partial charge >= 0.3 is 13.0 Å².